The van der Waals surface area contributed by atoms with Crippen LogP contribution in [-0.4, -0.2) is 50.2 Å². The maximum absolute atomic E-state index is 12.4. The zero-order chi connectivity index (χ0) is 15.8. The van der Waals surface area contributed by atoms with Gasteiger partial charge >= 0.3 is 5.97 Å². The van der Waals surface area contributed by atoms with E-state index in [0.29, 0.717) is 28.2 Å². The predicted octanol–water partition coefficient (Wildman–Crippen LogP) is 2.75. The Labute approximate surface area is 137 Å². The van der Waals surface area contributed by atoms with E-state index in [9.17, 15) is 9.59 Å². The third-order valence-electron chi connectivity index (χ3n) is 2.64. The number of carbonyl (C=O) groups is 2. The van der Waals surface area contributed by atoms with Crippen LogP contribution in [0, 0.1) is 0 Å². The summed E-state index contributed by atoms with van der Waals surface area (Å²) >= 11 is 9.26. The molecule has 0 bridgehead atoms. The summed E-state index contributed by atoms with van der Waals surface area (Å²) in [5.74, 6) is -0.750. The fourth-order valence-corrected chi connectivity index (χ4v) is 2.06. The molecule has 0 radical (unpaired) electrons. The van der Waals surface area contributed by atoms with Gasteiger partial charge in [0.25, 0.3) is 5.91 Å². The Morgan fingerprint density at radius 1 is 1.38 bits per heavy atom. The normalized spacial score (nSPS) is 10.3. The smallest absolute Gasteiger partial charge is 0.325 e. The van der Waals surface area contributed by atoms with Gasteiger partial charge in [0.1, 0.15) is 6.54 Å². The van der Waals surface area contributed by atoms with Crippen LogP contribution in [-0.2, 0) is 14.3 Å². The number of esters is 1. The number of halogens is 2. The zero-order valence-electron chi connectivity index (χ0n) is 11.9. The van der Waals surface area contributed by atoms with Crippen molar-refractivity contribution in [3.8, 4) is 0 Å². The van der Waals surface area contributed by atoms with Crippen LogP contribution in [0.5, 0.6) is 0 Å². The second-order valence-corrected chi connectivity index (χ2v) is 5.41. The van der Waals surface area contributed by atoms with Crippen molar-refractivity contribution in [2.45, 2.75) is 6.92 Å². The van der Waals surface area contributed by atoms with Crippen LogP contribution in [0.1, 0.15) is 17.3 Å². The first-order chi connectivity index (χ1) is 9.99. The lowest BCUT2D eigenvalue weighted by molar-refractivity contribution is -0.143. The first-order valence-electron chi connectivity index (χ1n) is 6.38. The lowest BCUT2D eigenvalue weighted by Gasteiger charge is -2.21. The molecule has 0 aliphatic carbocycles. The average molecular weight is 379 g/mol. The van der Waals surface area contributed by atoms with Gasteiger partial charge in [-0.1, -0.05) is 11.6 Å². The molecule has 0 aliphatic heterocycles. The molecule has 5 nitrogen and oxygen atoms in total. The Morgan fingerprint density at radius 2 is 2.10 bits per heavy atom. The SMILES string of the molecule is CCOC(=O)CN(CCOC)C(=O)c1ccc(Br)c(Cl)c1. The number of hydrogen-bond acceptors (Lipinski definition) is 4. The fourth-order valence-electron chi connectivity index (χ4n) is 1.63. The number of carbonyl (C=O) groups excluding carboxylic acids is 2. The number of ether oxygens (including phenoxy) is 2. The summed E-state index contributed by atoms with van der Waals surface area (Å²) in [6.45, 7) is 2.49. The Bertz CT molecular complexity index is 510. The molecule has 0 heterocycles. The van der Waals surface area contributed by atoms with E-state index < -0.39 is 5.97 Å². The highest BCUT2D eigenvalue weighted by Crippen LogP contribution is 2.23. The van der Waals surface area contributed by atoms with E-state index in [0.717, 1.165) is 0 Å². The number of amides is 1. The summed E-state index contributed by atoms with van der Waals surface area (Å²) in [6, 6.07) is 4.89. The summed E-state index contributed by atoms with van der Waals surface area (Å²) in [4.78, 5) is 25.4. The van der Waals surface area contributed by atoms with Crippen LogP contribution < -0.4 is 0 Å². The number of hydrogen-bond donors (Lipinski definition) is 0. The van der Waals surface area contributed by atoms with E-state index >= 15 is 0 Å². The van der Waals surface area contributed by atoms with Gasteiger partial charge in [-0.25, -0.2) is 0 Å². The molecule has 0 saturated carbocycles. The largest absolute Gasteiger partial charge is 0.465 e. The van der Waals surface area contributed by atoms with Crippen molar-refractivity contribution in [2.24, 2.45) is 0 Å². The standard InChI is InChI=1S/C14H17BrClNO4/c1-3-21-13(18)9-17(6-7-20-2)14(19)10-4-5-11(15)12(16)8-10/h4-5,8H,3,6-7,9H2,1-2H3. The molecule has 1 rings (SSSR count). The molecular weight excluding hydrogens is 362 g/mol. The number of benzene rings is 1. The van der Waals surface area contributed by atoms with Crippen molar-refractivity contribution in [1.29, 1.82) is 0 Å². The van der Waals surface area contributed by atoms with Crippen molar-refractivity contribution in [1.82, 2.24) is 4.90 Å². The lowest BCUT2D eigenvalue weighted by Crippen LogP contribution is -2.38. The van der Waals surface area contributed by atoms with Gasteiger partial charge in [0.2, 0.25) is 0 Å². The Morgan fingerprint density at radius 3 is 2.67 bits per heavy atom. The van der Waals surface area contributed by atoms with Crippen molar-refractivity contribution < 1.29 is 19.1 Å². The van der Waals surface area contributed by atoms with Gasteiger partial charge in [0.05, 0.1) is 18.2 Å². The van der Waals surface area contributed by atoms with Crippen LogP contribution in [0.15, 0.2) is 22.7 Å². The summed E-state index contributed by atoms with van der Waals surface area (Å²) in [5.41, 5.74) is 0.406. The molecule has 1 amide bonds. The van der Waals surface area contributed by atoms with Crippen molar-refractivity contribution in [3.63, 3.8) is 0 Å². The molecule has 21 heavy (non-hydrogen) atoms. The molecule has 0 fully saturated rings. The van der Waals surface area contributed by atoms with E-state index in [1.165, 1.54) is 12.0 Å². The molecule has 0 aliphatic rings. The first-order valence-corrected chi connectivity index (χ1v) is 7.55. The van der Waals surface area contributed by atoms with E-state index in [4.69, 9.17) is 21.1 Å². The van der Waals surface area contributed by atoms with Gasteiger partial charge in [-0.15, -0.1) is 0 Å². The topological polar surface area (TPSA) is 55.8 Å². The molecule has 0 aromatic heterocycles. The van der Waals surface area contributed by atoms with Gasteiger partial charge in [-0.2, -0.15) is 0 Å². The minimum Gasteiger partial charge on any atom is -0.465 e. The third kappa shape index (κ3) is 5.65. The molecule has 7 heteroatoms. The molecule has 0 atom stereocenters. The Hall–Kier alpha value is -1.11. The highest BCUT2D eigenvalue weighted by Gasteiger charge is 2.20. The first kappa shape index (κ1) is 17.9. The van der Waals surface area contributed by atoms with E-state index in [2.05, 4.69) is 15.9 Å². The molecule has 1 aromatic carbocycles. The molecule has 116 valence electrons. The van der Waals surface area contributed by atoms with Crippen molar-refractivity contribution in [3.05, 3.63) is 33.3 Å². The van der Waals surface area contributed by atoms with Crippen molar-refractivity contribution >= 4 is 39.4 Å². The number of rotatable bonds is 7. The van der Waals surface area contributed by atoms with Crippen LogP contribution in [0.3, 0.4) is 0 Å². The molecule has 0 N–H and O–H groups in total. The summed E-state index contributed by atoms with van der Waals surface area (Å²) < 4.78 is 10.5. The monoisotopic (exact) mass is 377 g/mol. The predicted molar refractivity (Wildman–Crippen MR) is 83.6 cm³/mol. The minimum absolute atomic E-state index is 0.121. The molecular formula is C14H17BrClNO4. The summed E-state index contributed by atoms with van der Waals surface area (Å²) in [6.07, 6.45) is 0. The van der Waals surface area contributed by atoms with E-state index in [-0.39, 0.29) is 19.1 Å². The van der Waals surface area contributed by atoms with Gasteiger partial charge < -0.3 is 14.4 Å². The van der Waals surface area contributed by atoms with Gasteiger partial charge in [-0.3, -0.25) is 9.59 Å². The van der Waals surface area contributed by atoms with Gasteiger partial charge in [0, 0.05) is 23.7 Å². The Kier molecular flexibility index (Phi) is 7.71. The Balaban J connectivity index is 2.87. The highest BCUT2D eigenvalue weighted by atomic mass is 79.9. The zero-order valence-corrected chi connectivity index (χ0v) is 14.2. The minimum atomic E-state index is -0.454. The third-order valence-corrected chi connectivity index (χ3v) is 3.88. The summed E-state index contributed by atoms with van der Waals surface area (Å²) in [5, 5.41) is 0.434. The van der Waals surface area contributed by atoms with E-state index in [1.54, 1.807) is 25.1 Å². The van der Waals surface area contributed by atoms with E-state index in [1.807, 2.05) is 0 Å². The average Bonchev–Trinajstić information content (AvgIpc) is 2.46. The van der Waals surface area contributed by atoms with Gasteiger partial charge in [0.15, 0.2) is 0 Å². The second-order valence-electron chi connectivity index (χ2n) is 4.15. The maximum atomic E-state index is 12.4. The second kappa shape index (κ2) is 9.02. The molecule has 1 aromatic rings. The fraction of sp³-hybridized carbons (Fsp3) is 0.429. The molecule has 0 saturated heterocycles. The summed E-state index contributed by atoms with van der Waals surface area (Å²) in [7, 11) is 1.53. The van der Waals surface area contributed by atoms with Gasteiger partial charge in [-0.05, 0) is 41.1 Å². The molecule has 0 unspecified atom stereocenters. The lowest BCUT2D eigenvalue weighted by atomic mass is 10.2. The van der Waals surface area contributed by atoms with Crippen LogP contribution in [0.25, 0.3) is 0 Å². The number of methoxy groups -OCH3 is 1. The van der Waals surface area contributed by atoms with Crippen molar-refractivity contribution in [2.75, 3.05) is 33.4 Å². The van der Waals surface area contributed by atoms with Crippen LogP contribution >= 0.6 is 27.5 Å². The highest BCUT2D eigenvalue weighted by molar-refractivity contribution is 9.10. The van der Waals surface area contributed by atoms with Crippen LogP contribution in [0.4, 0.5) is 0 Å². The maximum Gasteiger partial charge on any atom is 0.325 e. The van der Waals surface area contributed by atoms with Crippen LogP contribution in [0.2, 0.25) is 5.02 Å². The molecule has 0 spiro atoms. The number of nitrogens with zero attached hydrogens (tertiary/aromatic N) is 1. The quantitative estimate of drug-likeness (QED) is 0.685.